The third-order valence-corrected chi connectivity index (χ3v) is 3.98. The van der Waals surface area contributed by atoms with Crippen LogP contribution in [0.25, 0.3) is 0 Å². The summed E-state index contributed by atoms with van der Waals surface area (Å²) in [4.78, 5) is 12.2. The third-order valence-electron chi connectivity index (χ3n) is 3.26. The van der Waals surface area contributed by atoms with Crippen molar-refractivity contribution in [2.24, 2.45) is 0 Å². The Balaban J connectivity index is 1.62. The lowest BCUT2D eigenvalue weighted by Gasteiger charge is -2.15. The molecule has 0 aliphatic carbocycles. The number of hydrogen-bond acceptors (Lipinski definition) is 4. The maximum absolute atomic E-state index is 12.2. The van der Waals surface area contributed by atoms with Gasteiger partial charge in [0.2, 0.25) is 12.7 Å². The fourth-order valence-corrected chi connectivity index (χ4v) is 2.45. The van der Waals surface area contributed by atoms with Crippen molar-refractivity contribution in [1.82, 2.24) is 0 Å². The van der Waals surface area contributed by atoms with E-state index in [0.29, 0.717) is 17.2 Å². The summed E-state index contributed by atoms with van der Waals surface area (Å²) in [6.07, 6.45) is 0. The second-order valence-corrected chi connectivity index (χ2v) is 6.18. The largest absolute Gasteiger partial charge is 0.454 e. The molecule has 114 valence electrons. The summed E-state index contributed by atoms with van der Waals surface area (Å²) in [7, 11) is 0. The number of fused-ring (bicyclic) bond motifs is 1. The van der Waals surface area contributed by atoms with E-state index in [1.807, 2.05) is 31.2 Å². The van der Waals surface area contributed by atoms with Crippen LogP contribution in [0.3, 0.4) is 0 Å². The summed E-state index contributed by atoms with van der Waals surface area (Å²) in [5.74, 6) is 1.23. The van der Waals surface area contributed by atoms with E-state index in [1.165, 1.54) is 0 Å². The van der Waals surface area contributed by atoms with Crippen molar-refractivity contribution < 1.29 is 14.3 Å². The van der Waals surface area contributed by atoms with Gasteiger partial charge in [-0.05, 0) is 65.9 Å². The predicted molar refractivity (Wildman–Crippen MR) is 93.4 cm³/mol. The van der Waals surface area contributed by atoms with Crippen molar-refractivity contribution in [3.63, 3.8) is 0 Å². The summed E-state index contributed by atoms with van der Waals surface area (Å²) in [5, 5.41) is 6.03. The molecule has 1 amide bonds. The molecular weight excluding hydrogens is 395 g/mol. The Bertz CT molecular complexity index is 688. The molecule has 1 unspecified atom stereocenters. The van der Waals surface area contributed by atoms with Gasteiger partial charge in [0.25, 0.3) is 0 Å². The highest BCUT2D eigenvalue weighted by molar-refractivity contribution is 14.1. The van der Waals surface area contributed by atoms with Gasteiger partial charge < -0.3 is 20.1 Å². The highest BCUT2D eigenvalue weighted by Crippen LogP contribution is 2.34. The number of anilines is 2. The Morgan fingerprint density at radius 1 is 1.09 bits per heavy atom. The van der Waals surface area contributed by atoms with E-state index in [-0.39, 0.29) is 18.7 Å². The van der Waals surface area contributed by atoms with Crippen LogP contribution in [0.2, 0.25) is 0 Å². The van der Waals surface area contributed by atoms with Crippen LogP contribution < -0.4 is 20.1 Å². The van der Waals surface area contributed by atoms with E-state index in [2.05, 4.69) is 33.2 Å². The van der Waals surface area contributed by atoms with Gasteiger partial charge in [-0.1, -0.05) is 0 Å². The zero-order chi connectivity index (χ0) is 15.5. The molecule has 0 spiro atoms. The van der Waals surface area contributed by atoms with Crippen molar-refractivity contribution >= 4 is 39.9 Å². The Kier molecular flexibility index (Phi) is 4.37. The minimum atomic E-state index is -0.356. The van der Waals surface area contributed by atoms with Crippen molar-refractivity contribution in [3.8, 4) is 11.5 Å². The first-order valence-electron chi connectivity index (χ1n) is 6.84. The topological polar surface area (TPSA) is 59.6 Å². The first-order chi connectivity index (χ1) is 10.6. The fourth-order valence-electron chi connectivity index (χ4n) is 2.09. The quantitative estimate of drug-likeness (QED) is 0.759. The van der Waals surface area contributed by atoms with Crippen LogP contribution in [0.15, 0.2) is 42.5 Å². The monoisotopic (exact) mass is 410 g/mol. The molecule has 1 aliphatic heterocycles. The number of amides is 1. The molecule has 2 aromatic rings. The van der Waals surface area contributed by atoms with Crippen LogP contribution in [-0.2, 0) is 4.79 Å². The molecule has 0 aromatic heterocycles. The lowest BCUT2D eigenvalue weighted by molar-refractivity contribution is -0.116. The number of ether oxygens (including phenoxy) is 2. The molecule has 1 atom stereocenters. The Morgan fingerprint density at radius 3 is 2.55 bits per heavy atom. The van der Waals surface area contributed by atoms with Crippen LogP contribution in [-0.4, -0.2) is 18.7 Å². The molecule has 1 heterocycles. The number of halogens is 1. The molecule has 2 N–H and O–H groups in total. The lowest BCUT2D eigenvalue weighted by Crippen LogP contribution is -2.31. The minimum absolute atomic E-state index is 0.114. The summed E-state index contributed by atoms with van der Waals surface area (Å²) in [6.45, 7) is 2.04. The van der Waals surface area contributed by atoms with Crippen molar-refractivity contribution in [2.75, 3.05) is 17.4 Å². The molecule has 22 heavy (non-hydrogen) atoms. The molecule has 0 saturated carbocycles. The molecule has 5 nitrogen and oxygen atoms in total. The van der Waals surface area contributed by atoms with E-state index in [9.17, 15) is 4.79 Å². The smallest absolute Gasteiger partial charge is 0.246 e. The van der Waals surface area contributed by atoms with E-state index in [0.717, 1.165) is 9.26 Å². The van der Waals surface area contributed by atoms with Crippen molar-refractivity contribution in [2.45, 2.75) is 13.0 Å². The number of rotatable bonds is 4. The summed E-state index contributed by atoms with van der Waals surface area (Å²) >= 11 is 2.24. The molecule has 0 bridgehead atoms. The normalized spacial score (nSPS) is 13.5. The van der Waals surface area contributed by atoms with Gasteiger partial charge in [0, 0.05) is 21.0 Å². The minimum Gasteiger partial charge on any atom is -0.454 e. The summed E-state index contributed by atoms with van der Waals surface area (Å²) in [6, 6.07) is 12.9. The van der Waals surface area contributed by atoms with E-state index in [4.69, 9.17) is 9.47 Å². The average Bonchev–Trinajstić information content (AvgIpc) is 2.97. The lowest BCUT2D eigenvalue weighted by atomic mass is 10.2. The highest BCUT2D eigenvalue weighted by Gasteiger charge is 2.16. The highest BCUT2D eigenvalue weighted by atomic mass is 127. The predicted octanol–water partition coefficient (Wildman–Crippen LogP) is 3.46. The van der Waals surface area contributed by atoms with E-state index in [1.54, 1.807) is 18.2 Å². The van der Waals surface area contributed by atoms with E-state index < -0.39 is 0 Å². The molecule has 6 heteroatoms. The van der Waals surface area contributed by atoms with Gasteiger partial charge in [-0.15, -0.1) is 0 Å². The maximum Gasteiger partial charge on any atom is 0.246 e. The second-order valence-electron chi connectivity index (χ2n) is 4.93. The van der Waals surface area contributed by atoms with Gasteiger partial charge in [-0.25, -0.2) is 0 Å². The van der Waals surface area contributed by atoms with Crippen molar-refractivity contribution in [1.29, 1.82) is 0 Å². The number of nitrogens with one attached hydrogen (secondary N) is 2. The number of hydrogen-bond donors (Lipinski definition) is 2. The molecule has 0 fully saturated rings. The van der Waals surface area contributed by atoms with Gasteiger partial charge in [0.1, 0.15) is 6.04 Å². The first kappa shape index (κ1) is 15.0. The van der Waals surface area contributed by atoms with Gasteiger partial charge in [0.15, 0.2) is 11.5 Å². The van der Waals surface area contributed by atoms with Gasteiger partial charge in [0.05, 0.1) is 0 Å². The standard InChI is InChI=1S/C16H15IN2O3/c1-10(18-12-4-2-11(17)3-5-12)16(20)19-13-6-7-14-15(8-13)22-9-21-14/h2-8,10,18H,9H2,1H3,(H,19,20). The second kappa shape index (κ2) is 6.43. The third kappa shape index (κ3) is 3.44. The van der Waals surface area contributed by atoms with Crippen LogP contribution in [0.4, 0.5) is 11.4 Å². The van der Waals surface area contributed by atoms with Crippen LogP contribution in [0, 0.1) is 3.57 Å². The SMILES string of the molecule is CC(Nc1ccc(I)cc1)C(=O)Nc1ccc2c(c1)OCO2. The molecule has 0 saturated heterocycles. The molecule has 2 aromatic carbocycles. The van der Waals surface area contributed by atoms with Crippen molar-refractivity contribution in [3.05, 3.63) is 46.0 Å². The van der Waals surface area contributed by atoms with Gasteiger partial charge >= 0.3 is 0 Å². The number of carbonyl (C=O) groups is 1. The van der Waals surface area contributed by atoms with Crippen LogP contribution in [0.1, 0.15) is 6.92 Å². The number of carbonyl (C=O) groups excluding carboxylic acids is 1. The van der Waals surface area contributed by atoms with Gasteiger partial charge in [-0.3, -0.25) is 4.79 Å². The molecule has 1 aliphatic rings. The Hall–Kier alpha value is -1.96. The molecule has 0 radical (unpaired) electrons. The van der Waals surface area contributed by atoms with Crippen LogP contribution >= 0.6 is 22.6 Å². The first-order valence-corrected chi connectivity index (χ1v) is 7.92. The zero-order valence-electron chi connectivity index (χ0n) is 11.9. The number of benzene rings is 2. The Labute approximate surface area is 142 Å². The zero-order valence-corrected chi connectivity index (χ0v) is 14.1. The fraction of sp³-hybridized carbons (Fsp3) is 0.188. The Morgan fingerprint density at radius 2 is 1.77 bits per heavy atom. The van der Waals surface area contributed by atoms with E-state index >= 15 is 0 Å². The average molecular weight is 410 g/mol. The van der Waals surface area contributed by atoms with Crippen LogP contribution in [0.5, 0.6) is 11.5 Å². The summed E-state index contributed by atoms with van der Waals surface area (Å²) in [5.41, 5.74) is 1.60. The molecule has 3 rings (SSSR count). The maximum atomic E-state index is 12.2. The summed E-state index contributed by atoms with van der Waals surface area (Å²) < 4.78 is 11.7. The van der Waals surface area contributed by atoms with Gasteiger partial charge in [-0.2, -0.15) is 0 Å². The molecular formula is C16H15IN2O3.